The molecule has 1 aliphatic rings. The molecule has 1 N–H and O–H groups in total. The fourth-order valence-corrected chi connectivity index (χ4v) is 1.78. The van der Waals surface area contributed by atoms with Crippen LogP contribution >= 0.6 is 0 Å². The molecule has 1 fully saturated rings. The van der Waals surface area contributed by atoms with Gasteiger partial charge in [0.05, 0.1) is 18.1 Å². The Morgan fingerprint density at radius 3 is 2.88 bits per heavy atom. The number of nitrogens with zero attached hydrogens (tertiary/aromatic N) is 1. The van der Waals surface area contributed by atoms with Crippen LogP contribution in [0.25, 0.3) is 0 Å². The molecule has 0 saturated carbocycles. The molecule has 1 atom stereocenters. The lowest BCUT2D eigenvalue weighted by atomic mass is 10.2. The van der Waals surface area contributed by atoms with Gasteiger partial charge in [0.25, 0.3) is 5.69 Å². The van der Waals surface area contributed by atoms with Gasteiger partial charge < -0.3 is 14.8 Å². The lowest BCUT2D eigenvalue weighted by molar-refractivity contribution is -0.385. The number of methoxy groups -OCH3 is 1. The first-order chi connectivity index (χ1) is 8.20. The van der Waals surface area contributed by atoms with E-state index in [1.807, 2.05) is 0 Å². The highest BCUT2D eigenvalue weighted by Gasteiger charge is 2.19. The number of nitro benzene ring substituents is 1. The van der Waals surface area contributed by atoms with Crippen molar-refractivity contribution in [3.63, 3.8) is 0 Å². The van der Waals surface area contributed by atoms with E-state index in [-0.39, 0.29) is 11.8 Å². The Morgan fingerprint density at radius 1 is 1.47 bits per heavy atom. The number of non-ortho nitro benzene ring substituents is 1. The first-order valence-electron chi connectivity index (χ1n) is 5.40. The van der Waals surface area contributed by atoms with Crippen molar-refractivity contribution in [3.05, 3.63) is 28.3 Å². The number of ether oxygens (including phenoxy) is 2. The summed E-state index contributed by atoms with van der Waals surface area (Å²) >= 11 is 0. The van der Waals surface area contributed by atoms with E-state index in [2.05, 4.69) is 5.32 Å². The van der Waals surface area contributed by atoms with Gasteiger partial charge in [-0.2, -0.15) is 0 Å². The third-order valence-corrected chi connectivity index (χ3v) is 2.67. The average molecular weight is 238 g/mol. The molecule has 0 radical (unpaired) electrons. The molecular weight excluding hydrogens is 224 g/mol. The van der Waals surface area contributed by atoms with Gasteiger partial charge in [-0.3, -0.25) is 10.1 Å². The van der Waals surface area contributed by atoms with Crippen LogP contribution in [0.1, 0.15) is 6.42 Å². The van der Waals surface area contributed by atoms with Crippen LogP contribution in [0, 0.1) is 10.1 Å². The van der Waals surface area contributed by atoms with Gasteiger partial charge in [-0.25, -0.2) is 0 Å². The summed E-state index contributed by atoms with van der Waals surface area (Å²) in [7, 11) is 1.47. The van der Waals surface area contributed by atoms with Crippen LogP contribution in [0.15, 0.2) is 18.2 Å². The second-order valence-electron chi connectivity index (χ2n) is 3.82. The molecule has 0 aliphatic carbocycles. The zero-order valence-electron chi connectivity index (χ0n) is 9.51. The van der Waals surface area contributed by atoms with E-state index >= 15 is 0 Å². The predicted octanol–water partition coefficient (Wildman–Crippen LogP) is 1.34. The third kappa shape index (κ3) is 2.65. The van der Waals surface area contributed by atoms with Gasteiger partial charge in [-0.05, 0) is 19.0 Å². The molecule has 1 saturated heterocycles. The summed E-state index contributed by atoms with van der Waals surface area (Å²) in [4.78, 5) is 10.2. The number of nitro groups is 1. The number of nitrogens with one attached hydrogen (secondary N) is 1. The van der Waals surface area contributed by atoms with Crippen LogP contribution in [0.2, 0.25) is 0 Å². The Balaban J connectivity index is 2.18. The van der Waals surface area contributed by atoms with E-state index in [1.165, 1.54) is 19.2 Å². The maximum atomic E-state index is 10.6. The van der Waals surface area contributed by atoms with Gasteiger partial charge in [0, 0.05) is 12.6 Å². The molecule has 1 aromatic rings. The largest absolute Gasteiger partial charge is 0.493 e. The SMILES string of the molecule is COc1cc([N+](=O)[O-])ccc1OC1CCNC1. The van der Waals surface area contributed by atoms with Crippen molar-refractivity contribution in [2.45, 2.75) is 12.5 Å². The minimum Gasteiger partial charge on any atom is -0.493 e. The van der Waals surface area contributed by atoms with Crippen LogP contribution in [0.5, 0.6) is 11.5 Å². The highest BCUT2D eigenvalue weighted by molar-refractivity contribution is 5.48. The predicted molar refractivity (Wildman–Crippen MR) is 61.6 cm³/mol. The summed E-state index contributed by atoms with van der Waals surface area (Å²) in [5.41, 5.74) is -0.00116. The standard InChI is InChI=1S/C11H14N2O4/c1-16-11-6-8(13(14)15)2-3-10(11)17-9-4-5-12-7-9/h2-3,6,9,12H,4-5,7H2,1H3. The topological polar surface area (TPSA) is 73.6 Å². The van der Waals surface area contributed by atoms with Gasteiger partial charge in [0.2, 0.25) is 0 Å². The summed E-state index contributed by atoms with van der Waals surface area (Å²) in [6, 6.07) is 4.37. The van der Waals surface area contributed by atoms with Crippen LogP contribution in [-0.4, -0.2) is 31.2 Å². The third-order valence-electron chi connectivity index (χ3n) is 2.67. The number of hydrogen-bond donors (Lipinski definition) is 1. The summed E-state index contributed by atoms with van der Waals surface area (Å²) in [6.45, 7) is 1.72. The van der Waals surface area contributed by atoms with Gasteiger partial charge in [-0.15, -0.1) is 0 Å². The molecule has 0 aromatic heterocycles. The summed E-state index contributed by atoms with van der Waals surface area (Å²) < 4.78 is 10.8. The minimum absolute atomic E-state index is 0.00116. The van der Waals surface area contributed by atoms with Crippen LogP contribution in [-0.2, 0) is 0 Å². The van der Waals surface area contributed by atoms with E-state index in [4.69, 9.17) is 9.47 Å². The van der Waals surface area contributed by atoms with Crippen molar-refractivity contribution in [3.8, 4) is 11.5 Å². The summed E-state index contributed by atoms with van der Waals surface area (Å²) in [5, 5.41) is 13.8. The molecule has 92 valence electrons. The van der Waals surface area contributed by atoms with Gasteiger partial charge in [0.15, 0.2) is 11.5 Å². The number of rotatable bonds is 4. The monoisotopic (exact) mass is 238 g/mol. The molecule has 6 heteroatoms. The second kappa shape index (κ2) is 5.01. The van der Waals surface area contributed by atoms with E-state index in [0.29, 0.717) is 11.5 Å². The quantitative estimate of drug-likeness (QED) is 0.633. The highest BCUT2D eigenvalue weighted by atomic mass is 16.6. The summed E-state index contributed by atoms with van der Waals surface area (Å²) in [6.07, 6.45) is 1.03. The Bertz CT molecular complexity index is 416. The van der Waals surface area contributed by atoms with E-state index < -0.39 is 4.92 Å². The average Bonchev–Trinajstić information content (AvgIpc) is 2.82. The first-order valence-corrected chi connectivity index (χ1v) is 5.40. The van der Waals surface area contributed by atoms with Gasteiger partial charge in [0.1, 0.15) is 6.10 Å². The Hall–Kier alpha value is -1.82. The molecule has 0 bridgehead atoms. The minimum atomic E-state index is -0.455. The van der Waals surface area contributed by atoms with Crippen molar-refractivity contribution in [1.82, 2.24) is 5.32 Å². The van der Waals surface area contributed by atoms with Crippen molar-refractivity contribution in [2.24, 2.45) is 0 Å². The lowest BCUT2D eigenvalue weighted by Gasteiger charge is -2.14. The molecule has 1 unspecified atom stereocenters. The van der Waals surface area contributed by atoms with Crippen molar-refractivity contribution in [1.29, 1.82) is 0 Å². The molecule has 0 amide bonds. The molecule has 17 heavy (non-hydrogen) atoms. The Kier molecular flexibility index (Phi) is 3.43. The zero-order chi connectivity index (χ0) is 12.3. The Morgan fingerprint density at radius 2 is 2.29 bits per heavy atom. The molecule has 6 nitrogen and oxygen atoms in total. The van der Waals surface area contributed by atoms with Crippen LogP contribution in [0.3, 0.4) is 0 Å². The van der Waals surface area contributed by atoms with Gasteiger partial charge in [-0.1, -0.05) is 0 Å². The van der Waals surface area contributed by atoms with E-state index in [0.717, 1.165) is 19.5 Å². The second-order valence-corrected chi connectivity index (χ2v) is 3.82. The van der Waals surface area contributed by atoms with Crippen molar-refractivity contribution in [2.75, 3.05) is 20.2 Å². The summed E-state index contributed by atoms with van der Waals surface area (Å²) in [5.74, 6) is 0.943. The number of benzene rings is 1. The molecule has 1 aliphatic heterocycles. The fourth-order valence-electron chi connectivity index (χ4n) is 1.78. The van der Waals surface area contributed by atoms with Crippen molar-refractivity contribution < 1.29 is 14.4 Å². The maximum absolute atomic E-state index is 10.6. The Labute approximate surface area is 98.7 Å². The van der Waals surface area contributed by atoms with Gasteiger partial charge >= 0.3 is 0 Å². The molecule has 0 spiro atoms. The van der Waals surface area contributed by atoms with E-state index in [9.17, 15) is 10.1 Å². The molecule has 1 heterocycles. The zero-order valence-corrected chi connectivity index (χ0v) is 9.51. The maximum Gasteiger partial charge on any atom is 0.273 e. The molecule has 2 rings (SSSR count). The van der Waals surface area contributed by atoms with Crippen LogP contribution in [0.4, 0.5) is 5.69 Å². The fraction of sp³-hybridized carbons (Fsp3) is 0.455. The lowest BCUT2D eigenvalue weighted by Crippen LogP contribution is -2.19. The van der Waals surface area contributed by atoms with Crippen molar-refractivity contribution >= 4 is 5.69 Å². The van der Waals surface area contributed by atoms with Crippen LogP contribution < -0.4 is 14.8 Å². The first kappa shape index (κ1) is 11.7. The molecular formula is C11H14N2O4. The highest BCUT2D eigenvalue weighted by Crippen LogP contribution is 2.32. The number of hydrogen-bond acceptors (Lipinski definition) is 5. The molecule has 1 aromatic carbocycles. The smallest absolute Gasteiger partial charge is 0.273 e. The normalized spacial score (nSPS) is 19.0. The van der Waals surface area contributed by atoms with E-state index in [1.54, 1.807) is 6.07 Å².